The van der Waals surface area contributed by atoms with Crippen molar-refractivity contribution < 1.29 is 8.42 Å². The van der Waals surface area contributed by atoms with Crippen molar-refractivity contribution in [3.63, 3.8) is 0 Å². The van der Waals surface area contributed by atoms with Crippen LogP contribution in [-0.2, 0) is 22.0 Å². The third-order valence-corrected chi connectivity index (χ3v) is 7.92. The summed E-state index contributed by atoms with van der Waals surface area (Å²) in [5.74, 6) is 0.384. The summed E-state index contributed by atoms with van der Waals surface area (Å²) in [7, 11) is -3.28. The molecule has 4 rings (SSSR count). The van der Waals surface area contributed by atoms with Crippen LogP contribution in [0.5, 0.6) is 0 Å². The van der Waals surface area contributed by atoms with E-state index in [1.807, 2.05) is 0 Å². The molecule has 0 spiro atoms. The summed E-state index contributed by atoms with van der Waals surface area (Å²) < 4.78 is 27.8. The van der Waals surface area contributed by atoms with Gasteiger partial charge in [0.1, 0.15) is 5.82 Å². The molecule has 1 N–H and O–H groups in total. The number of fused-ring (bicyclic) bond motifs is 1. The van der Waals surface area contributed by atoms with Gasteiger partial charge in [-0.15, -0.1) is 5.10 Å². The van der Waals surface area contributed by atoms with E-state index in [2.05, 4.69) is 65.3 Å². The molecular formula is C22H30N6O3S. The molecule has 3 heterocycles. The Balaban J connectivity index is 1.64. The topological polar surface area (TPSA) is 114 Å². The van der Waals surface area contributed by atoms with Gasteiger partial charge in [0, 0.05) is 19.0 Å². The van der Waals surface area contributed by atoms with Crippen molar-refractivity contribution in [2.75, 3.05) is 18.8 Å². The minimum absolute atomic E-state index is 0.0629. The first-order chi connectivity index (χ1) is 15.1. The first-order valence-electron chi connectivity index (χ1n) is 11.0. The lowest BCUT2D eigenvalue weighted by molar-refractivity contribution is 0.309. The van der Waals surface area contributed by atoms with Gasteiger partial charge in [0.25, 0.3) is 5.56 Å². The quantitative estimate of drug-likeness (QED) is 0.628. The molecule has 1 aliphatic rings. The molecule has 0 saturated carbocycles. The van der Waals surface area contributed by atoms with Crippen molar-refractivity contribution in [2.24, 2.45) is 0 Å². The predicted molar refractivity (Wildman–Crippen MR) is 123 cm³/mol. The maximum Gasteiger partial charge on any atom is 0.281 e. The second kappa shape index (κ2) is 8.40. The van der Waals surface area contributed by atoms with Crippen molar-refractivity contribution in [1.29, 1.82) is 0 Å². The van der Waals surface area contributed by atoms with Crippen LogP contribution >= 0.6 is 0 Å². The van der Waals surface area contributed by atoms with E-state index in [1.165, 1.54) is 9.87 Å². The van der Waals surface area contributed by atoms with E-state index in [0.29, 0.717) is 31.1 Å². The van der Waals surface area contributed by atoms with Crippen molar-refractivity contribution in [1.82, 2.24) is 29.3 Å². The molecule has 0 radical (unpaired) electrons. The van der Waals surface area contributed by atoms with Crippen LogP contribution in [0.25, 0.3) is 11.2 Å². The van der Waals surface area contributed by atoms with Gasteiger partial charge >= 0.3 is 0 Å². The molecule has 2 aromatic heterocycles. The SMILES string of the molecule is CCS(=O)(=O)N1CCC[C@H](c2nc3c(nnn3Cc3ccc(C(C)(C)C)cc3)c(=O)[nH]2)C1. The number of nitrogens with zero attached hydrogens (tertiary/aromatic N) is 5. The molecule has 3 aromatic rings. The number of benzene rings is 1. The Morgan fingerprint density at radius 1 is 1.19 bits per heavy atom. The summed E-state index contributed by atoms with van der Waals surface area (Å²) in [5.41, 5.74) is 2.60. The zero-order valence-corrected chi connectivity index (χ0v) is 19.8. The zero-order chi connectivity index (χ0) is 23.1. The number of hydrogen-bond donors (Lipinski definition) is 1. The molecule has 32 heavy (non-hydrogen) atoms. The normalized spacial score (nSPS) is 18.3. The maximum atomic E-state index is 12.7. The van der Waals surface area contributed by atoms with E-state index in [9.17, 15) is 13.2 Å². The van der Waals surface area contributed by atoms with Crippen LogP contribution in [-0.4, -0.2) is 56.5 Å². The lowest BCUT2D eigenvalue weighted by atomic mass is 9.87. The molecule has 1 saturated heterocycles. The number of nitrogens with one attached hydrogen (secondary N) is 1. The Morgan fingerprint density at radius 2 is 1.91 bits per heavy atom. The monoisotopic (exact) mass is 458 g/mol. The average Bonchev–Trinajstić information content (AvgIpc) is 3.17. The number of sulfonamides is 1. The number of piperidine rings is 1. The fourth-order valence-electron chi connectivity index (χ4n) is 4.07. The lowest BCUT2D eigenvalue weighted by Gasteiger charge is -2.31. The number of rotatable bonds is 5. The van der Waals surface area contributed by atoms with Gasteiger partial charge in [0.05, 0.1) is 12.3 Å². The van der Waals surface area contributed by atoms with Crippen molar-refractivity contribution in [2.45, 2.75) is 58.4 Å². The number of H-pyrrole nitrogens is 1. The van der Waals surface area contributed by atoms with Gasteiger partial charge in [-0.25, -0.2) is 22.4 Å². The fraction of sp³-hybridized carbons (Fsp3) is 0.545. The Hall–Kier alpha value is -2.59. The minimum atomic E-state index is -3.28. The third-order valence-electron chi connectivity index (χ3n) is 6.07. The Labute approximate surface area is 187 Å². The van der Waals surface area contributed by atoms with Gasteiger partial charge in [-0.1, -0.05) is 50.3 Å². The van der Waals surface area contributed by atoms with E-state index >= 15 is 0 Å². The molecule has 1 aliphatic heterocycles. The van der Waals surface area contributed by atoms with E-state index < -0.39 is 10.0 Å². The summed E-state index contributed by atoms with van der Waals surface area (Å²) in [6, 6.07) is 8.31. The average molecular weight is 459 g/mol. The van der Waals surface area contributed by atoms with Gasteiger partial charge in [-0.05, 0) is 36.3 Å². The first-order valence-corrected chi connectivity index (χ1v) is 12.6. The molecule has 10 heteroatoms. The standard InChI is InChI=1S/C22H30N6O3S/c1-5-32(30,31)27-12-6-7-16(14-27)19-23-20-18(21(29)24-19)25-26-28(20)13-15-8-10-17(11-9-15)22(2,3)4/h8-11,16H,5-7,12-14H2,1-4H3,(H,23,24,29)/t16-/m0/s1. The summed E-state index contributed by atoms with van der Waals surface area (Å²) >= 11 is 0. The third kappa shape index (κ3) is 4.47. The highest BCUT2D eigenvalue weighted by Gasteiger charge is 2.30. The first kappa shape index (κ1) is 22.6. The van der Waals surface area contributed by atoms with Gasteiger partial charge in [-0.3, -0.25) is 4.79 Å². The van der Waals surface area contributed by atoms with Crippen LogP contribution < -0.4 is 5.56 Å². The highest BCUT2D eigenvalue weighted by atomic mass is 32.2. The molecule has 1 aromatic carbocycles. The van der Waals surface area contributed by atoms with Gasteiger partial charge in [-0.2, -0.15) is 0 Å². The van der Waals surface area contributed by atoms with E-state index in [1.54, 1.807) is 11.6 Å². The lowest BCUT2D eigenvalue weighted by Crippen LogP contribution is -2.40. The van der Waals surface area contributed by atoms with Crippen LogP contribution in [0, 0.1) is 0 Å². The second-order valence-corrected chi connectivity index (χ2v) is 11.7. The molecule has 0 bridgehead atoms. The molecule has 1 fully saturated rings. The smallest absolute Gasteiger partial charge is 0.281 e. The van der Waals surface area contributed by atoms with Crippen LogP contribution in [0.3, 0.4) is 0 Å². The summed E-state index contributed by atoms with van der Waals surface area (Å²) in [6.45, 7) is 9.42. The minimum Gasteiger partial charge on any atom is -0.308 e. The van der Waals surface area contributed by atoms with Crippen molar-refractivity contribution in [3.05, 3.63) is 51.6 Å². The molecular weight excluding hydrogens is 428 g/mol. The molecule has 0 amide bonds. The summed E-state index contributed by atoms with van der Waals surface area (Å²) in [4.78, 5) is 20.1. The molecule has 0 unspecified atom stereocenters. The number of hydrogen-bond acceptors (Lipinski definition) is 6. The van der Waals surface area contributed by atoms with Gasteiger partial charge in [0.15, 0.2) is 11.2 Å². The largest absolute Gasteiger partial charge is 0.308 e. The van der Waals surface area contributed by atoms with Crippen LogP contribution in [0.2, 0.25) is 0 Å². The fourth-order valence-corrected chi connectivity index (χ4v) is 5.25. The Morgan fingerprint density at radius 3 is 2.56 bits per heavy atom. The van der Waals surface area contributed by atoms with Crippen LogP contribution in [0.1, 0.15) is 63.4 Å². The van der Waals surface area contributed by atoms with Crippen LogP contribution in [0.15, 0.2) is 29.1 Å². The number of aromatic nitrogens is 5. The van der Waals surface area contributed by atoms with E-state index in [4.69, 9.17) is 0 Å². The molecule has 9 nitrogen and oxygen atoms in total. The Bertz CT molecular complexity index is 1270. The molecule has 0 aliphatic carbocycles. The maximum absolute atomic E-state index is 12.7. The zero-order valence-electron chi connectivity index (χ0n) is 19.0. The second-order valence-electron chi connectivity index (χ2n) is 9.42. The number of aromatic amines is 1. The molecule has 172 valence electrons. The summed E-state index contributed by atoms with van der Waals surface area (Å²) in [6.07, 6.45) is 1.49. The van der Waals surface area contributed by atoms with Crippen molar-refractivity contribution >= 4 is 21.2 Å². The van der Waals surface area contributed by atoms with Gasteiger partial charge < -0.3 is 4.98 Å². The predicted octanol–water partition coefficient (Wildman–Crippen LogP) is 2.39. The van der Waals surface area contributed by atoms with Crippen molar-refractivity contribution in [3.8, 4) is 0 Å². The Kier molecular flexibility index (Phi) is 5.93. The van der Waals surface area contributed by atoms with Crippen LogP contribution in [0.4, 0.5) is 0 Å². The molecule has 1 atom stereocenters. The van der Waals surface area contributed by atoms with E-state index in [0.717, 1.165) is 18.4 Å². The van der Waals surface area contributed by atoms with E-state index in [-0.39, 0.29) is 28.2 Å². The highest BCUT2D eigenvalue weighted by molar-refractivity contribution is 7.89. The summed E-state index contributed by atoms with van der Waals surface area (Å²) in [5, 5.41) is 8.18. The highest BCUT2D eigenvalue weighted by Crippen LogP contribution is 2.27. The van der Waals surface area contributed by atoms with Gasteiger partial charge in [0.2, 0.25) is 10.0 Å².